The molecule has 9 heterocycles. The van der Waals surface area contributed by atoms with Crippen LogP contribution in [0.4, 0.5) is 29.2 Å². The summed E-state index contributed by atoms with van der Waals surface area (Å²) in [6.07, 6.45) is 10.6. The van der Waals surface area contributed by atoms with Gasteiger partial charge in [-0.3, -0.25) is 28.8 Å². The van der Waals surface area contributed by atoms with Crippen LogP contribution in [0.15, 0.2) is 128 Å². The molecule has 3 atom stereocenters. The number of pyridine rings is 3. The van der Waals surface area contributed by atoms with Gasteiger partial charge in [-0.05, 0) is 118 Å². The zero-order chi connectivity index (χ0) is 68.1. The van der Waals surface area contributed by atoms with Gasteiger partial charge in [-0.2, -0.15) is 15.0 Å². The molecule has 0 aliphatic carbocycles. The van der Waals surface area contributed by atoms with Crippen molar-refractivity contribution in [1.82, 2.24) is 43.6 Å². The molecule has 0 bridgehead atoms. The molecule has 0 radical (unpaired) electrons. The zero-order valence-electron chi connectivity index (χ0n) is 57.9. The number of amides is 2. The normalized spacial score (nSPS) is 13.8. The number of halogens is 1. The minimum atomic E-state index is -1.06. The number of carbonyl (C=O) groups excluding carboxylic acids is 6. The first-order valence-corrected chi connectivity index (χ1v) is 32.1. The van der Waals surface area contributed by atoms with Crippen molar-refractivity contribution in [1.29, 1.82) is 0 Å². The molecule has 0 unspecified atom stereocenters. The molecule has 0 saturated carbocycles. The summed E-state index contributed by atoms with van der Waals surface area (Å²) in [5.41, 5.74) is 11.2. The molecule has 6 aromatic heterocycles. The first kappa shape index (κ1) is 82.1. The minimum absolute atomic E-state index is 0. The number of hydrogen-bond donors (Lipinski definition) is 1. The molecule has 3 aliphatic rings. The molecule has 2 amide bonds. The second-order valence-corrected chi connectivity index (χ2v) is 23.5. The van der Waals surface area contributed by atoms with Crippen LogP contribution in [-0.4, -0.2) is 156 Å². The molecule has 3 aromatic carbocycles. The maximum Gasteiger partial charge on any atom is 1.00 e. The van der Waals surface area contributed by atoms with Crippen molar-refractivity contribution in [3.05, 3.63) is 150 Å². The first-order chi connectivity index (χ1) is 45.8. The number of aliphatic hydroxyl groups excluding tert-OH is 1. The van der Waals surface area contributed by atoms with Gasteiger partial charge >= 0.3 is 115 Å². The summed E-state index contributed by atoms with van der Waals surface area (Å²) >= 11 is 4.96. The van der Waals surface area contributed by atoms with Crippen LogP contribution in [0.5, 0.6) is 0 Å². The Morgan fingerprint density at radius 3 is 1.16 bits per heavy atom. The Morgan fingerprint density at radius 2 is 0.867 bits per heavy atom. The SMILES string of the molecule is C.CC(=O)O[C@@H](C)C(=O)Cl.CC(=O)O[C@@H](C)C(=O)N(C)c1cnc2nc(N3CCCC3)n(Cc3ccccc3)c2c1.CCc1cnc2nc(N3CCCC3)n(Cc3ccccc3)c2c1.C[C@H](O)C(=O)N(C)c1cnc2nc(N3CCCC3)n(Cc3ccccc3)c2c1.O=CO[O-].[H-].[K+].[K+]. The average molecular weight is 1410 g/mol. The van der Waals surface area contributed by atoms with Gasteiger partial charge in [-0.1, -0.05) is 105 Å². The number of imidazole rings is 3. The second kappa shape index (κ2) is 40.6. The molecule has 3 saturated heterocycles. The van der Waals surface area contributed by atoms with Crippen LogP contribution in [-0.2, 0) is 69.2 Å². The summed E-state index contributed by atoms with van der Waals surface area (Å²) in [6, 6.07) is 37.2. The van der Waals surface area contributed by atoms with Crippen molar-refractivity contribution in [3.63, 3.8) is 0 Å². The number of anilines is 5. The summed E-state index contributed by atoms with van der Waals surface area (Å²) < 4.78 is 16.1. The maximum atomic E-state index is 12.7. The molecular formula is C70H87ClK2N14O11. The number of nitrogens with zero attached hydrogens (tertiary/aromatic N) is 14. The number of aromatic nitrogens is 9. The number of fused-ring (bicyclic) bond motifs is 3. The predicted octanol–water partition coefficient (Wildman–Crippen LogP) is 2.95. The van der Waals surface area contributed by atoms with Crippen molar-refractivity contribution < 1.29 is 158 Å². The number of aliphatic hydroxyl groups is 1. The smallest absolute Gasteiger partial charge is 1.00 e. The largest absolute Gasteiger partial charge is 1.00 e. The van der Waals surface area contributed by atoms with E-state index in [0.29, 0.717) is 35.8 Å². The second-order valence-electron chi connectivity index (χ2n) is 23.1. The van der Waals surface area contributed by atoms with Gasteiger partial charge in [0, 0.05) is 73.4 Å². The van der Waals surface area contributed by atoms with Crippen molar-refractivity contribution >= 4 is 110 Å². The third-order valence-corrected chi connectivity index (χ3v) is 16.4. The van der Waals surface area contributed by atoms with Crippen LogP contribution in [0.25, 0.3) is 33.5 Å². The number of rotatable bonds is 18. The first-order valence-electron chi connectivity index (χ1n) is 31.7. The van der Waals surface area contributed by atoms with Crippen molar-refractivity contribution in [3.8, 4) is 0 Å². The van der Waals surface area contributed by atoms with E-state index in [-0.39, 0.29) is 130 Å². The van der Waals surface area contributed by atoms with Crippen molar-refractivity contribution in [2.24, 2.45) is 0 Å². The van der Waals surface area contributed by atoms with Gasteiger partial charge in [0.25, 0.3) is 23.5 Å². The Kier molecular flexibility index (Phi) is 34.0. The predicted molar refractivity (Wildman–Crippen MR) is 370 cm³/mol. The fraction of sp³-hybridized carbons (Fsp3) is 0.400. The number of hydrogen-bond acceptors (Lipinski definition) is 20. The monoisotopic (exact) mass is 1410 g/mol. The van der Waals surface area contributed by atoms with Gasteiger partial charge in [-0.25, -0.2) is 15.0 Å². The van der Waals surface area contributed by atoms with Crippen molar-refractivity contribution in [2.75, 3.05) is 77.9 Å². The molecule has 512 valence electrons. The Labute approximate surface area is 663 Å². The van der Waals surface area contributed by atoms with E-state index < -0.39 is 35.5 Å². The number of carbonyl (C=O) groups is 6. The van der Waals surface area contributed by atoms with Crippen LogP contribution >= 0.6 is 11.6 Å². The van der Waals surface area contributed by atoms with Crippen LogP contribution in [0.1, 0.15) is 111 Å². The van der Waals surface area contributed by atoms with E-state index in [9.17, 15) is 29.1 Å². The van der Waals surface area contributed by atoms with E-state index in [4.69, 9.17) is 41.3 Å². The van der Waals surface area contributed by atoms with Crippen LogP contribution < -0.4 is 133 Å². The average Bonchev–Trinajstić information content (AvgIpc) is 1.65. The van der Waals surface area contributed by atoms with Gasteiger partial charge in [0.05, 0.1) is 60.0 Å². The van der Waals surface area contributed by atoms with Gasteiger partial charge in [0.1, 0.15) is 6.10 Å². The fourth-order valence-electron chi connectivity index (χ4n) is 11.2. The maximum absolute atomic E-state index is 12.7. The summed E-state index contributed by atoms with van der Waals surface area (Å²) in [5, 5.41) is 17.4. The van der Waals surface area contributed by atoms with Gasteiger partial charge in [-0.15, -0.1) is 0 Å². The van der Waals surface area contributed by atoms with Gasteiger partial charge in [0.15, 0.2) is 29.1 Å². The van der Waals surface area contributed by atoms with Crippen LogP contribution in [0.2, 0.25) is 0 Å². The molecule has 12 rings (SSSR count). The number of esters is 2. The van der Waals surface area contributed by atoms with E-state index in [0.717, 1.165) is 105 Å². The van der Waals surface area contributed by atoms with E-state index in [1.807, 2.05) is 54.7 Å². The summed E-state index contributed by atoms with van der Waals surface area (Å²) in [5.74, 6) is 1.23. The third-order valence-electron chi connectivity index (χ3n) is 16.1. The van der Waals surface area contributed by atoms with Gasteiger partial charge in [0.2, 0.25) is 17.8 Å². The Bertz CT molecular complexity index is 4040. The minimum Gasteiger partial charge on any atom is -1.00 e. The molecule has 25 nitrogen and oxygen atoms in total. The fourth-order valence-corrected chi connectivity index (χ4v) is 11.2. The summed E-state index contributed by atoms with van der Waals surface area (Å²) in [7, 11) is 3.31. The van der Waals surface area contributed by atoms with Crippen LogP contribution in [0.3, 0.4) is 0 Å². The van der Waals surface area contributed by atoms with Crippen LogP contribution in [0, 0.1) is 0 Å². The number of ether oxygens (including phenoxy) is 2. The topological polar surface area (TPSA) is 282 Å². The van der Waals surface area contributed by atoms with E-state index in [1.54, 1.807) is 33.4 Å². The van der Waals surface area contributed by atoms with E-state index >= 15 is 0 Å². The summed E-state index contributed by atoms with van der Waals surface area (Å²) in [6.45, 7) is 17.3. The third kappa shape index (κ3) is 22.5. The Hall–Kier alpha value is -6.58. The summed E-state index contributed by atoms with van der Waals surface area (Å²) in [4.78, 5) is 106. The van der Waals surface area contributed by atoms with E-state index in [2.05, 4.69) is 121 Å². The quantitative estimate of drug-likeness (QED) is 0.0323. The molecular weight excluding hydrogens is 1330 g/mol. The molecule has 28 heteroatoms. The molecule has 1 N–H and O–H groups in total. The molecule has 3 fully saturated rings. The molecule has 0 spiro atoms. The molecule has 9 aromatic rings. The zero-order valence-corrected chi connectivity index (χ0v) is 63.9. The van der Waals surface area contributed by atoms with Crippen molar-refractivity contribution in [2.45, 2.75) is 132 Å². The van der Waals surface area contributed by atoms with E-state index in [1.165, 1.54) is 85.4 Å². The number of likely N-dealkylation sites (N-methyl/N-ethyl adjacent to an activating group) is 2. The number of aryl methyl sites for hydroxylation is 1. The number of benzene rings is 3. The molecule has 3 aliphatic heterocycles. The standard InChI is InChI=1S/C23H27N5O3.C21H25N5O2.C19H22N4.C5H7ClO3.CH2O3.CH4.2K.H/c1-16(31-17(2)29)22(30)26(3)19-13-20-21(24-14-19)25-23(27-11-7-8-12-27)28(20)15-18-9-5-4-6-10-18;1-15(27)20(28)24(2)17-12-18-19(22-13-17)23-21(25-10-6-7-11-25)26(18)14-16-8-4-3-5-9-16;1-2-15-12-17-18(20-13-15)21-19(22-10-6-7-11-22)23(17)14-16-8-4-3-5-9-16;1-3(5(6)8)9-4(2)7;2-1-4-3;;;;/h4-6,9-10,13-14,16H,7-8,11-12,15H2,1-3H3;3-5,8-9,12-13,15,27H,6-7,10-11,14H2,1-2H3;3-5,8-9,12-13H,2,6-7,10-11,14H2,1H3;3H,1-2H3;1,3H;1H4;;;/q;;;;;;2*+1;-1/p-1/t16-;15-;;3-;;;;;/m00.0...../s1. The Morgan fingerprint density at radius 1 is 0.551 bits per heavy atom. The van der Waals surface area contributed by atoms with Gasteiger partial charge < -0.3 is 64.4 Å². The Balaban J connectivity index is 0.000000285. The molecule has 98 heavy (non-hydrogen) atoms.